The van der Waals surface area contributed by atoms with Crippen LogP contribution in [-0.4, -0.2) is 75.0 Å². The summed E-state index contributed by atoms with van der Waals surface area (Å²) < 4.78 is 34.0. The Morgan fingerprint density at radius 1 is 0.744 bits per heavy atom. The third kappa shape index (κ3) is 4.75. The van der Waals surface area contributed by atoms with Crippen LogP contribution in [0, 0.1) is 10.8 Å². The molecule has 39 heavy (non-hydrogen) atoms. The molecule has 2 amide bonds. The minimum atomic E-state index is -0.843. The lowest BCUT2D eigenvalue weighted by atomic mass is 9.65. The van der Waals surface area contributed by atoms with Gasteiger partial charge in [0.25, 0.3) is 11.8 Å². The molecule has 6 rings (SSSR count). The van der Waals surface area contributed by atoms with Crippen molar-refractivity contribution in [2.45, 2.75) is 33.2 Å². The van der Waals surface area contributed by atoms with E-state index in [1.54, 1.807) is 24.3 Å². The van der Waals surface area contributed by atoms with Gasteiger partial charge in [-0.15, -0.1) is 0 Å². The lowest BCUT2D eigenvalue weighted by molar-refractivity contribution is -0.158. The number of hydrogen-bond donors (Lipinski definition) is 0. The maximum Gasteiger partial charge on any atom is 0.360 e. The van der Waals surface area contributed by atoms with Crippen LogP contribution in [0.15, 0.2) is 33.2 Å². The summed E-state index contributed by atoms with van der Waals surface area (Å²) in [7, 11) is 2.97. The molecule has 12 heteroatoms. The molecule has 0 aliphatic carbocycles. The van der Waals surface area contributed by atoms with Crippen molar-refractivity contribution in [3.05, 3.63) is 44.3 Å². The number of rotatable bonds is 4. The molecule has 2 bridgehead atoms. The Bertz CT molecular complexity index is 1250. The van der Waals surface area contributed by atoms with E-state index in [-0.39, 0.29) is 22.6 Å². The minimum absolute atomic E-state index is 0.0905. The van der Waals surface area contributed by atoms with Crippen molar-refractivity contribution in [2.75, 3.05) is 40.4 Å². The highest BCUT2D eigenvalue weighted by molar-refractivity contribution is 9.11. The van der Waals surface area contributed by atoms with E-state index in [1.807, 2.05) is 9.80 Å². The second kappa shape index (κ2) is 9.53. The van der Waals surface area contributed by atoms with Crippen LogP contribution in [-0.2, 0) is 9.47 Å². The Balaban J connectivity index is 1.21. The molecule has 0 aromatic heterocycles. The van der Waals surface area contributed by atoms with Crippen LogP contribution < -0.4 is 18.9 Å². The molecule has 0 saturated carbocycles. The lowest BCUT2D eigenvalue weighted by Gasteiger charge is -2.56. The third-order valence-corrected chi connectivity index (χ3v) is 8.67. The summed E-state index contributed by atoms with van der Waals surface area (Å²) in [5.74, 6) is 1.75. The molecule has 2 fully saturated rings. The number of hydrogen-bond acceptors (Lipinski definition) is 8. The van der Waals surface area contributed by atoms with Crippen molar-refractivity contribution < 1.29 is 38.0 Å². The molecule has 0 radical (unpaired) electrons. The number of likely N-dealkylation sites (tertiary alicyclic amines) is 2. The fourth-order valence-electron chi connectivity index (χ4n) is 6.39. The van der Waals surface area contributed by atoms with Gasteiger partial charge in [0.2, 0.25) is 0 Å². The Hall–Kier alpha value is -2.54. The summed E-state index contributed by atoms with van der Waals surface area (Å²) in [6.07, 6.45) is 0.911. The molecule has 0 spiro atoms. The maximum atomic E-state index is 13.7. The zero-order valence-electron chi connectivity index (χ0n) is 21.9. The number of halogens is 2. The van der Waals surface area contributed by atoms with E-state index >= 15 is 0 Å². The molecule has 2 aromatic carbocycles. The van der Waals surface area contributed by atoms with Crippen molar-refractivity contribution in [1.82, 2.24) is 9.80 Å². The fraction of sp³-hybridized carbons (Fsp3) is 0.481. The number of amides is 2. The van der Waals surface area contributed by atoms with Crippen LogP contribution in [0.3, 0.4) is 0 Å². The Kier molecular flexibility index (Phi) is 6.52. The van der Waals surface area contributed by atoms with Gasteiger partial charge in [-0.25, -0.2) is 0 Å². The molecular formula is C27H28Br2N2O8. The topological polar surface area (TPSA) is 96.0 Å². The standard InChI is InChI=1S/C27H28Br2N2O8/c1-26-9-27(2,12-30(10-26)22(32)14-5-16(28)20-18(7-14)36-24(34-3)38-20)13-31(11-26)23(33)15-6-17(29)21-19(8-15)37-25(35-4)39-21/h5-8,24-25H,9-13H2,1-4H3. The van der Waals surface area contributed by atoms with Gasteiger partial charge >= 0.3 is 13.0 Å². The molecule has 4 aliphatic rings. The smallest absolute Gasteiger partial charge is 0.360 e. The first kappa shape index (κ1) is 26.7. The molecule has 4 aliphatic heterocycles. The van der Waals surface area contributed by atoms with Gasteiger partial charge in [0, 0.05) is 62.4 Å². The maximum absolute atomic E-state index is 13.7. The van der Waals surface area contributed by atoms with Gasteiger partial charge in [-0.3, -0.25) is 9.59 Å². The van der Waals surface area contributed by atoms with Gasteiger partial charge in [-0.05, 0) is 62.5 Å². The van der Waals surface area contributed by atoms with Crippen LogP contribution in [0.4, 0.5) is 0 Å². The van der Waals surface area contributed by atoms with Crippen LogP contribution >= 0.6 is 31.9 Å². The number of fused-ring (bicyclic) bond motifs is 4. The monoisotopic (exact) mass is 666 g/mol. The number of methoxy groups -OCH3 is 2. The number of nitrogens with zero attached hydrogens (tertiary/aromatic N) is 2. The SMILES string of the molecule is COC1Oc2cc(C(=O)N3CC4(C)CN(C(=O)c5cc(Br)c6c(c5)OC(OC)O6)CC(C)(C3)C4)cc(Br)c2O1. The van der Waals surface area contributed by atoms with Crippen LogP contribution in [0.25, 0.3) is 0 Å². The normalized spacial score (nSPS) is 28.6. The van der Waals surface area contributed by atoms with Crippen molar-refractivity contribution >= 4 is 43.7 Å². The van der Waals surface area contributed by atoms with Gasteiger partial charge in [0.15, 0.2) is 23.0 Å². The Labute approximate surface area is 242 Å². The minimum Gasteiger partial charge on any atom is -0.428 e. The molecule has 2 aromatic rings. The molecule has 2 unspecified atom stereocenters. The molecule has 2 atom stereocenters. The molecular weight excluding hydrogens is 640 g/mol. The van der Waals surface area contributed by atoms with Crippen molar-refractivity contribution in [1.29, 1.82) is 0 Å². The first-order valence-electron chi connectivity index (χ1n) is 12.5. The Morgan fingerprint density at radius 2 is 1.13 bits per heavy atom. The van der Waals surface area contributed by atoms with Gasteiger partial charge in [-0.1, -0.05) is 13.8 Å². The van der Waals surface area contributed by atoms with Crippen LogP contribution in [0.2, 0.25) is 0 Å². The summed E-state index contributed by atoms with van der Waals surface area (Å²) >= 11 is 6.98. The predicted octanol–water partition coefficient (Wildman–Crippen LogP) is 4.63. The highest BCUT2D eigenvalue weighted by Crippen LogP contribution is 2.48. The van der Waals surface area contributed by atoms with Gasteiger partial charge in [0.05, 0.1) is 8.95 Å². The van der Waals surface area contributed by atoms with E-state index in [1.165, 1.54) is 14.2 Å². The first-order valence-corrected chi connectivity index (χ1v) is 14.1. The summed E-state index contributed by atoms with van der Waals surface area (Å²) in [5, 5.41) is 0. The second-order valence-electron chi connectivity index (χ2n) is 11.2. The van der Waals surface area contributed by atoms with Crippen LogP contribution in [0.1, 0.15) is 41.0 Å². The summed E-state index contributed by atoms with van der Waals surface area (Å²) in [4.78, 5) is 31.2. The number of piperidine rings is 2. The lowest BCUT2D eigenvalue weighted by Crippen LogP contribution is -2.64. The van der Waals surface area contributed by atoms with E-state index in [4.69, 9.17) is 28.4 Å². The van der Waals surface area contributed by atoms with E-state index < -0.39 is 13.0 Å². The van der Waals surface area contributed by atoms with Gasteiger partial charge in [0.1, 0.15) is 0 Å². The summed E-state index contributed by atoms with van der Waals surface area (Å²) in [5.41, 5.74) is 0.446. The molecule has 2 saturated heterocycles. The second-order valence-corrected chi connectivity index (χ2v) is 12.9. The Morgan fingerprint density at radius 3 is 1.49 bits per heavy atom. The van der Waals surface area contributed by atoms with E-state index in [9.17, 15) is 9.59 Å². The highest BCUT2D eigenvalue weighted by Gasteiger charge is 2.51. The summed E-state index contributed by atoms with van der Waals surface area (Å²) in [6, 6.07) is 6.88. The fourth-order valence-corrected chi connectivity index (χ4v) is 7.46. The van der Waals surface area contributed by atoms with E-state index in [2.05, 4.69) is 45.7 Å². The molecule has 208 valence electrons. The molecule has 10 nitrogen and oxygen atoms in total. The quantitative estimate of drug-likeness (QED) is 0.466. The van der Waals surface area contributed by atoms with Crippen molar-refractivity contribution in [2.24, 2.45) is 10.8 Å². The van der Waals surface area contributed by atoms with E-state index in [0.717, 1.165) is 6.42 Å². The van der Waals surface area contributed by atoms with Crippen molar-refractivity contribution in [3.63, 3.8) is 0 Å². The zero-order chi connectivity index (χ0) is 27.7. The predicted molar refractivity (Wildman–Crippen MR) is 145 cm³/mol. The van der Waals surface area contributed by atoms with Gasteiger partial charge < -0.3 is 38.2 Å². The first-order chi connectivity index (χ1) is 18.5. The number of benzene rings is 2. The molecule has 4 heterocycles. The van der Waals surface area contributed by atoms with E-state index in [0.29, 0.717) is 69.2 Å². The molecule has 0 N–H and O–H groups in total. The average Bonchev–Trinajstić information content (AvgIpc) is 3.50. The third-order valence-electron chi connectivity index (χ3n) is 7.49. The van der Waals surface area contributed by atoms with Gasteiger partial charge in [-0.2, -0.15) is 0 Å². The highest BCUT2D eigenvalue weighted by atomic mass is 79.9. The number of ether oxygens (including phenoxy) is 6. The summed E-state index contributed by atoms with van der Waals surface area (Å²) in [6.45, 7) is 4.70. The van der Waals surface area contributed by atoms with Crippen molar-refractivity contribution in [3.8, 4) is 23.0 Å². The largest absolute Gasteiger partial charge is 0.428 e. The number of carbonyl (C=O) groups is 2. The zero-order valence-corrected chi connectivity index (χ0v) is 25.1. The van der Waals surface area contributed by atoms with Crippen LogP contribution in [0.5, 0.6) is 23.0 Å². The average molecular weight is 668 g/mol. The number of carbonyl (C=O) groups excluding carboxylic acids is 2.